The van der Waals surface area contributed by atoms with Gasteiger partial charge >= 0.3 is 0 Å². The number of sulfonamides is 1. The third-order valence-corrected chi connectivity index (χ3v) is 4.32. The summed E-state index contributed by atoms with van der Waals surface area (Å²) in [6.45, 7) is 1.74. The van der Waals surface area contributed by atoms with E-state index in [1.165, 1.54) is 0 Å². The molecule has 0 aliphatic rings. The molecule has 0 bridgehead atoms. The van der Waals surface area contributed by atoms with Crippen LogP contribution >= 0.6 is 12.2 Å². The first-order chi connectivity index (χ1) is 9.87. The molecule has 0 atom stereocenters. The Bertz CT molecular complexity index is 773. The molecule has 0 saturated carbocycles. The number of aryl methyl sites for hydroxylation is 1. The van der Waals surface area contributed by atoms with Crippen LogP contribution in [-0.2, 0) is 15.8 Å². The lowest BCUT2D eigenvalue weighted by Crippen LogP contribution is -2.17. The summed E-state index contributed by atoms with van der Waals surface area (Å²) in [6, 6.07) is 10.2. The van der Waals surface area contributed by atoms with E-state index >= 15 is 0 Å². The molecule has 0 aliphatic carbocycles. The van der Waals surface area contributed by atoms with Crippen molar-refractivity contribution in [1.82, 2.24) is 4.98 Å². The Labute approximate surface area is 129 Å². The second-order valence-electron chi connectivity index (χ2n) is 4.56. The quantitative estimate of drug-likeness (QED) is 0.822. The first-order valence-corrected chi connectivity index (χ1v) is 8.24. The van der Waals surface area contributed by atoms with Gasteiger partial charge in [-0.1, -0.05) is 30.4 Å². The Balaban J connectivity index is 2.20. The molecule has 2 rings (SSSR count). The highest BCUT2D eigenvalue weighted by Gasteiger charge is 2.13. The second kappa shape index (κ2) is 6.19. The number of benzene rings is 1. The monoisotopic (exact) mass is 321 g/mol. The van der Waals surface area contributed by atoms with E-state index in [4.69, 9.17) is 18.0 Å². The van der Waals surface area contributed by atoms with Gasteiger partial charge < -0.3 is 5.73 Å². The van der Waals surface area contributed by atoms with E-state index in [0.717, 1.165) is 0 Å². The van der Waals surface area contributed by atoms with E-state index in [1.807, 2.05) is 0 Å². The summed E-state index contributed by atoms with van der Waals surface area (Å²) >= 11 is 4.89. The molecule has 1 heterocycles. The van der Waals surface area contributed by atoms with Crippen LogP contribution in [-0.4, -0.2) is 18.4 Å². The topological polar surface area (TPSA) is 85.1 Å². The molecule has 21 heavy (non-hydrogen) atoms. The molecule has 110 valence electrons. The predicted molar refractivity (Wildman–Crippen MR) is 87.5 cm³/mol. The molecular formula is C14H15N3O2S2. The van der Waals surface area contributed by atoms with Gasteiger partial charge in [-0.3, -0.25) is 9.71 Å². The summed E-state index contributed by atoms with van der Waals surface area (Å²) in [5, 5.41) is 0. The minimum absolute atomic E-state index is 0.155. The van der Waals surface area contributed by atoms with Gasteiger partial charge in [-0.2, -0.15) is 0 Å². The largest absolute Gasteiger partial charge is 0.389 e. The van der Waals surface area contributed by atoms with Gasteiger partial charge in [-0.05, 0) is 30.7 Å². The van der Waals surface area contributed by atoms with Crippen molar-refractivity contribution in [3.8, 4) is 0 Å². The number of aromatic nitrogens is 1. The molecule has 1 aromatic heterocycles. The average Bonchev–Trinajstić information content (AvgIpc) is 2.41. The summed E-state index contributed by atoms with van der Waals surface area (Å²) < 4.78 is 26.9. The molecule has 0 radical (unpaired) electrons. The number of nitrogens with two attached hydrogens (primary N) is 1. The van der Waals surface area contributed by atoms with E-state index in [1.54, 1.807) is 49.5 Å². The van der Waals surface area contributed by atoms with Crippen LogP contribution in [0.4, 0.5) is 5.69 Å². The van der Waals surface area contributed by atoms with Crippen molar-refractivity contribution in [2.45, 2.75) is 12.7 Å². The maximum Gasteiger partial charge on any atom is 0.236 e. The number of nitrogens with one attached hydrogen (secondary N) is 1. The van der Waals surface area contributed by atoms with E-state index in [9.17, 15) is 8.42 Å². The molecule has 0 fully saturated rings. The maximum atomic E-state index is 12.2. The number of pyridine rings is 1. The third kappa shape index (κ3) is 4.24. The van der Waals surface area contributed by atoms with Crippen molar-refractivity contribution in [1.29, 1.82) is 0 Å². The van der Waals surface area contributed by atoms with Crippen LogP contribution in [0, 0.1) is 6.92 Å². The van der Waals surface area contributed by atoms with Crippen molar-refractivity contribution < 1.29 is 8.42 Å². The highest BCUT2D eigenvalue weighted by atomic mass is 32.2. The van der Waals surface area contributed by atoms with Crippen LogP contribution < -0.4 is 10.5 Å². The van der Waals surface area contributed by atoms with Crippen LogP contribution in [0.5, 0.6) is 0 Å². The standard InChI is InChI=1S/C14H15N3O2S2/c1-10-13(6-3-7-16-10)17-21(18,19)9-11-4-2-5-12(8-11)14(15)20/h2-8,17H,9H2,1H3,(H2,15,20). The van der Waals surface area contributed by atoms with Gasteiger partial charge in [-0.15, -0.1) is 0 Å². The van der Waals surface area contributed by atoms with E-state index in [0.29, 0.717) is 22.5 Å². The van der Waals surface area contributed by atoms with Crippen LogP contribution in [0.3, 0.4) is 0 Å². The average molecular weight is 321 g/mol. The maximum absolute atomic E-state index is 12.2. The lowest BCUT2D eigenvalue weighted by atomic mass is 10.1. The molecule has 7 heteroatoms. The fourth-order valence-corrected chi connectivity index (χ4v) is 3.20. The van der Waals surface area contributed by atoms with Gasteiger partial charge in [0.2, 0.25) is 10.0 Å². The molecule has 2 aromatic rings. The summed E-state index contributed by atoms with van der Waals surface area (Å²) in [6.07, 6.45) is 1.61. The van der Waals surface area contributed by atoms with Crippen LogP contribution in [0.15, 0.2) is 42.6 Å². The zero-order valence-corrected chi connectivity index (χ0v) is 13.0. The van der Waals surface area contributed by atoms with Gasteiger partial charge in [-0.25, -0.2) is 8.42 Å². The normalized spacial score (nSPS) is 11.1. The number of thiocarbonyl (C=S) groups is 1. The lowest BCUT2D eigenvalue weighted by molar-refractivity contribution is 0.600. The Morgan fingerprint density at radius 2 is 2.10 bits per heavy atom. The summed E-state index contributed by atoms with van der Waals surface area (Å²) in [7, 11) is -3.53. The van der Waals surface area contributed by atoms with Crippen LogP contribution in [0.2, 0.25) is 0 Å². The first kappa shape index (κ1) is 15.4. The smallest absolute Gasteiger partial charge is 0.236 e. The number of nitrogens with zero attached hydrogens (tertiary/aromatic N) is 1. The van der Waals surface area contributed by atoms with Crippen LogP contribution in [0.25, 0.3) is 0 Å². The van der Waals surface area contributed by atoms with Gasteiger partial charge in [0.25, 0.3) is 0 Å². The lowest BCUT2D eigenvalue weighted by Gasteiger charge is -2.10. The van der Waals surface area contributed by atoms with Gasteiger partial charge in [0.1, 0.15) is 4.99 Å². The minimum Gasteiger partial charge on any atom is -0.389 e. The highest BCUT2D eigenvalue weighted by molar-refractivity contribution is 7.91. The Hall–Kier alpha value is -1.99. The summed E-state index contributed by atoms with van der Waals surface area (Å²) in [5.74, 6) is -0.155. The van der Waals surface area contributed by atoms with E-state index in [-0.39, 0.29) is 10.7 Å². The highest BCUT2D eigenvalue weighted by Crippen LogP contribution is 2.16. The molecule has 3 N–H and O–H groups in total. The van der Waals surface area contributed by atoms with Gasteiger partial charge in [0.05, 0.1) is 17.1 Å². The van der Waals surface area contributed by atoms with Crippen molar-refractivity contribution in [3.63, 3.8) is 0 Å². The zero-order chi connectivity index (χ0) is 15.5. The Morgan fingerprint density at radius 3 is 2.76 bits per heavy atom. The molecule has 0 saturated heterocycles. The number of anilines is 1. The minimum atomic E-state index is -3.53. The van der Waals surface area contributed by atoms with Gasteiger partial charge in [0, 0.05) is 11.8 Å². The summed E-state index contributed by atoms with van der Waals surface area (Å²) in [4.78, 5) is 4.29. The van der Waals surface area contributed by atoms with Crippen LogP contribution in [0.1, 0.15) is 16.8 Å². The molecule has 0 amide bonds. The zero-order valence-electron chi connectivity index (χ0n) is 11.4. The third-order valence-electron chi connectivity index (χ3n) is 2.84. The number of hydrogen-bond donors (Lipinski definition) is 2. The Kier molecular flexibility index (Phi) is 4.54. The molecule has 5 nitrogen and oxygen atoms in total. The number of rotatable bonds is 5. The van der Waals surface area contributed by atoms with E-state index in [2.05, 4.69) is 9.71 Å². The number of hydrogen-bond acceptors (Lipinski definition) is 4. The molecular weight excluding hydrogens is 306 g/mol. The molecule has 0 spiro atoms. The van der Waals surface area contributed by atoms with Crippen molar-refractivity contribution in [3.05, 3.63) is 59.4 Å². The fourth-order valence-electron chi connectivity index (χ4n) is 1.83. The SMILES string of the molecule is Cc1ncccc1NS(=O)(=O)Cc1cccc(C(N)=S)c1. The van der Waals surface area contributed by atoms with Crippen molar-refractivity contribution in [2.75, 3.05) is 4.72 Å². The van der Waals surface area contributed by atoms with Crippen molar-refractivity contribution >= 4 is 32.9 Å². The Morgan fingerprint density at radius 1 is 1.33 bits per heavy atom. The molecule has 1 aromatic carbocycles. The fraction of sp³-hybridized carbons (Fsp3) is 0.143. The molecule has 0 aliphatic heterocycles. The predicted octanol–water partition coefficient (Wildman–Crippen LogP) is 1.97. The van der Waals surface area contributed by atoms with Crippen molar-refractivity contribution in [2.24, 2.45) is 5.73 Å². The van der Waals surface area contributed by atoms with Gasteiger partial charge in [0.15, 0.2) is 0 Å². The molecule has 0 unspecified atom stereocenters. The van der Waals surface area contributed by atoms with E-state index < -0.39 is 10.0 Å². The first-order valence-electron chi connectivity index (χ1n) is 6.18. The second-order valence-corrected chi connectivity index (χ2v) is 6.72. The summed E-state index contributed by atoms with van der Waals surface area (Å²) in [5.41, 5.74) is 7.91.